The molecule has 1 aromatic carbocycles. The molecule has 0 bridgehead atoms. The van der Waals surface area contributed by atoms with Gasteiger partial charge in [-0.2, -0.15) is 0 Å². The maximum atomic E-state index is 12.8. The Kier molecular flexibility index (Phi) is 4.71. The van der Waals surface area contributed by atoms with Gasteiger partial charge in [-0.1, -0.05) is 25.1 Å². The topological polar surface area (TPSA) is 60.3 Å². The number of amides is 1. The summed E-state index contributed by atoms with van der Waals surface area (Å²) in [6.45, 7) is 5.90. The lowest BCUT2D eigenvalue weighted by molar-refractivity contribution is 0.0675. The number of aryl methyl sites for hydroxylation is 1. The van der Waals surface area contributed by atoms with Crippen LogP contribution in [-0.2, 0) is 11.2 Å². The number of hydrogen-bond acceptors (Lipinski definition) is 4. The Morgan fingerprint density at radius 3 is 2.83 bits per heavy atom. The molecule has 0 spiro atoms. The van der Waals surface area contributed by atoms with Crippen molar-refractivity contribution < 1.29 is 9.53 Å². The molecule has 0 radical (unpaired) electrons. The van der Waals surface area contributed by atoms with Gasteiger partial charge in [-0.05, 0) is 25.5 Å². The molecule has 3 rings (SSSR count). The molecule has 1 aliphatic heterocycles. The van der Waals surface area contributed by atoms with Crippen LogP contribution in [-0.4, -0.2) is 51.4 Å². The average Bonchev–Trinajstić information content (AvgIpc) is 2.91. The van der Waals surface area contributed by atoms with E-state index in [1.54, 1.807) is 4.68 Å². The Labute approximate surface area is 136 Å². The summed E-state index contributed by atoms with van der Waals surface area (Å²) in [5.41, 5.74) is 0.920. The third-order valence-electron chi connectivity index (χ3n) is 4.13. The predicted molar refractivity (Wildman–Crippen MR) is 86.7 cm³/mol. The smallest absolute Gasteiger partial charge is 0.293 e. The summed E-state index contributed by atoms with van der Waals surface area (Å²) >= 11 is 0. The van der Waals surface area contributed by atoms with E-state index in [4.69, 9.17) is 4.74 Å². The molecule has 6 nitrogen and oxygen atoms in total. The van der Waals surface area contributed by atoms with Crippen molar-refractivity contribution in [3.05, 3.63) is 42.0 Å². The normalized spacial score (nSPS) is 18.7. The molecule has 0 aliphatic carbocycles. The van der Waals surface area contributed by atoms with E-state index in [1.807, 2.05) is 49.1 Å². The van der Waals surface area contributed by atoms with Crippen LogP contribution in [0.5, 0.6) is 0 Å². The van der Waals surface area contributed by atoms with Crippen LogP contribution in [0, 0.1) is 0 Å². The van der Waals surface area contributed by atoms with Gasteiger partial charge in [0.2, 0.25) is 5.82 Å². The number of rotatable bonds is 3. The van der Waals surface area contributed by atoms with Crippen molar-refractivity contribution in [2.24, 2.45) is 0 Å². The second kappa shape index (κ2) is 6.91. The molecule has 1 saturated heterocycles. The lowest BCUT2D eigenvalue weighted by Crippen LogP contribution is -2.39. The molecule has 1 unspecified atom stereocenters. The summed E-state index contributed by atoms with van der Waals surface area (Å²) in [5.74, 6) is 0.935. The molecular weight excluding hydrogens is 292 g/mol. The van der Waals surface area contributed by atoms with Crippen LogP contribution in [0.3, 0.4) is 0 Å². The van der Waals surface area contributed by atoms with Crippen LogP contribution in [0.15, 0.2) is 30.3 Å². The van der Waals surface area contributed by atoms with E-state index in [-0.39, 0.29) is 17.8 Å². The van der Waals surface area contributed by atoms with E-state index >= 15 is 0 Å². The summed E-state index contributed by atoms with van der Waals surface area (Å²) in [7, 11) is 0. The number of nitrogens with zero attached hydrogens (tertiary/aromatic N) is 4. The van der Waals surface area contributed by atoms with Gasteiger partial charge in [0.1, 0.15) is 5.82 Å². The van der Waals surface area contributed by atoms with Crippen molar-refractivity contribution in [1.29, 1.82) is 0 Å². The van der Waals surface area contributed by atoms with E-state index in [0.29, 0.717) is 26.2 Å². The Hall–Kier alpha value is -2.21. The van der Waals surface area contributed by atoms with Crippen LogP contribution in [0.25, 0.3) is 5.69 Å². The Morgan fingerprint density at radius 2 is 2.09 bits per heavy atom. The quantitative estimate of drug-likeness (QED) is 0.870. The maximum absolute atomic E-state index is 12.8. The lowest BCUT2D eigenvalue weighted by Gasteiger charge is -2.24. The number of aromatic nitrogens is 3. The molecule has 1 aliphatic rings. The van der Waals surface area contributed by atoms with Crippen molar-refractivity contribution in [2.45, 2.75) is 32.7 Å². The first-order valence-corrected chi connectivity index (χ1v) is 8.10. The minimum atomic E-state index is -0.118. The molecule has 122 valence electrons. The fourth-order valence-electron chi connectivity index (χ4n) is 2.77. The van der Waals surface area contributed by atoms with Gasteiger partial charge in [-0.3, -0.25) is 4.79 Å². The van der Waals surface area contributed by atoms with Crippen LogP contribution in [0.4, 0.5) is 0 Å². The standard InChI is InChI=1S/C17H22N4O2/c1-3-15-18-16(19-21(15)14-7-5-4-6-8-14)17(22)20-10-12-23-11-9-13(20)2/h4-8,13H,3,9-12H2,1-2H3. The number of ether oxygens (including phenoxy) is 1. The Bertz CT molecular complexity index is 668. The van der Waals surface area contributed by atoms with Crippen molar-refractivity contribution in [3.8, 4) is 5.69 Å². The largest absolute Gasteiger partial charge is 0.380 e. The first kappa shape index (κ1) is 15.7. The van der Waals surface area contributed by atoms with E-state index in [0.717, 1.165) is 17.9 Å². The molecule has 2 aromatic rings. The Morgan fingerprint density at radius 1 is 1.30 bits per heavy atom. The third-order valence-corrected chi connectivity index (χ3v) is 4.13. The van der Waals surface area contributed by atoms with E-state index in [9.17, 15) is 4.79 Å². The molecule has 23 heavy (non-hydrogen) atoms. The predicted octanol–water partition coefficient (Wildman–Crippen LogP) is 2.08. The number of carbonyl (C=O) groups is 1. The fourth-order valence-corrected chi connectivity index (χ4v) is 2.77. The zero-order valence-electron chi connectivity index (χ0n) is 13.6. The van der Waals surface area contributed by atoms with Gasteiger partial charge < -0.3 is 9.64 Å². The van der Waals surface area contributed by atoms with Crippen LogP contribution >= 0.6 is 0 Å². The third kappa shape index (κ3) is 3.27. The van der Waals surface area contributed by atoms with Gasteiger partial charge >= 0.3 is 0 Å². The summed E-state index contributed by atoms with van der Waals surface area (Å²) in [5, 5.41) is 4.46. The van der Waals surface area contributed by atoms with Crippen LogP contribution in [0.2, 0.25) is 0 Å². The average molecular weight is 314 g/mol. The number of para-hydroxylation sites is 1. The summed E-state index contributed by atoms with van der Waals surface area (Å²) in [4.78, 5) is 19.1. The minimum Gasteiger partial charge on any atom is -0.380 e. The first-order valence-electron chi connectivity index (χ1n) is 8.10. The molecule has 1 aromatic heterocycles. The molecule has 0 saturated carbocycles. The van der Waals surface area contributed by atoms with Gasteiger partial charge in [0.25, 0.3) is 5.91 Å². The second-order valence-electron chi connectivity index (χ2n) is 5.70. The van der Waals surface area contributed by atoms with E-state index in [1.165, 1.54) is 0 Å². The Balaban J connectivity index is 1.91. The summed E-state index contributed by atoms with van der Waals surface area (Å²) in [6.07, 6.45) is 1.56. The highest BCUT2D eigenvalue weighted by molar-refractivity contribution is 5.90. The highest BCUT2D eigenvalue weighted by atomic mass is 16.5. The van der Waals surface area contributed by atoms with Gasteiger partial charge in [0, 0.05) is 25.6 Å². The van der Waals surface area contributed by atoms with E-state index in [2.05, 4.69) is 10.1 Å². The lowest BCUT2D eigenvalue weighted by atomic mass is 10.2. The SMILES string of the molecule is CCc1nc(C(=O)N2CCOCCC2C)nn1-c1ccccc1. The summed E-state index contributed by atoms with van der Waals surface area (Å²) in [6, 6.07) is 9.92. The first-order chi connectivity index (χ1) is 11.2. The molecule has 1 fully saturated rings. The molecule has 6 heteroatoms. The molecule has 2 heterocycles. The fraction of sp³-hybridized carbons (Fsp3) is 0.471. The van der Waals surface area contributed by atoms with E-state index < -0.39 is 0 Å². The highest BCUT2D eigenvalue weighted by Crippen LogP contribution is 2.15. The van der Waals surface area contributed by atoms with Crippen molar-refractivity contribution in [2.75, 3.05) is 19.8 Å². The number of hydrogen-bond donors (Lipinski definition) is 0. The number of benzene rings is 1. The monoisotopic (exact) mass is 314 g/mol. The van der Waals surface area contributed by atoms with Gasteiger partial charge in [-0.15, -0.1) is 5.10 Å². The molecular formula is C17H22N4O2. The van der Waals surface area contributed by atoms with Crippen molar-refractivity contribution in [3.63, 3.8) is 0 Å². The van der Waals surface area contributed by atoms with Crippen LogP contribution in [0.1, 0.15) is 36.7 Å². The maximum Gasteiger partial charge on any atom is 0.293 e. The van der Waals surface area contributed by atoms with Gasteiger partial charge in [-0.25, -0.2) is 9.67 Å². The molecule has 1 amide bonds. The van der Waals surface area contributed by atoms with Gasteiger partial charge in [0.05, 0.1) is 12.3 Å². The molecule has 0 N–H and O–H groups in total. The van der Waals surface area contributed by atoms with Crippen molar-refractivity contribution >= 4 is 5.91 Å². The zero-order chi connectivity index (χ0) is 16.2. The zero-order valence-corrected chi connectivity index (χ0v) is 13.6. The minimum absolute atomic E-state index is 0.118. The highest BCUT2D eigenvalue weighted by Gasteiger charge is 2.27. The number of carbonyl (C=O) groups excluding carboxylic acids is 1. The van der Waals surface area contributed by atoms with Gasteiger partial charge in [0.15, 0.2) is 0 Å². The second-order valence-corrected chi connectivity index (χ2v) is 5.70. The summed E-state index contributed by atoms with van der Waals surface area (Å²) < 4.78 is 7.22. The molecule has 1 atom stereocenters. The van der Waals surface area contributed by atoms with Crippen molar-refractivity contribution in [1.82, 2.24) is 19.7 Å². The van der Waals surface area contributed by atoms with Crippen LogP contribution < -0.4 is 0 Å².